The van der Waals surface area contributed by atoms with Crippen molar-refractivity contribution in [3.05, 3.63) is 87.4 Å². The van der Waals surface area contributed by atoms with Gasteiger partial charge in [0.25, 0.3) is 5.78 Å². The number of nitrogens with zero attached hydrogens (tertiary/aromatic N) is 2. The number of ketones is 1. The minimum absolute atomic E-state index is 0.0248. The highest BCUT2D eigenvalue weighted by molar-refractivity contribution is 7.22. The third-order valence-corrected chi connectivity index (χ3v) is 7.61. The van der Waals surface area contributed by atoms with E-state index in [1.165, 1.54) is 30.5 Å². The van der Waals surface area contributed by atoms with Crippen molar-refractivity contribution in [1.29, 1.82) is 0 Å². The van der Waals surface area contributed by atoms with Gasteiger partial charge in [-0.3, -0.25) is 14.5 Å². The van der Waals surface area contributed by atoms with Crippen LogP contribution in [-0.2, 0) is 9.59 Å². The first-order valence-corrected chi connectivity index (χ1v) is 12.6. The Labute approximate surface area is 222 Å². The van der Waals surface area contributed by atoms with Crippen LogP contribution in [0.3, 0.4) is 0 Å². The normalized spacial score (nSPS) is 17.0. The first kappa shape index (κ1) is 24.8. The molecule has 0 bridgehead atoms. The molecule has 5 rings (SSSR count). The maximum absolute atomic E-state index is 13.5. The maximum Gasteiger partial charge on any atom is 0.301 e. The molecule has 4 aromatic rings. The summed E-state index contributed by atoms with van der Waals surface area (Å²) in [6.07, 6.45) is 0. The highest BCUT2D eigenvalue weighted by Gasteiger charge is 2.48. The van der Waals surface area contributed by atoms with Crippen molar-refractivity contribution in [3.63, 3.8) is 0 Å². The molecule has 0 aliphatic carbocycles. The number of amides is 1. The smallest absolute Gasteiger partial charge is 0.301 e. The Balaban J connectivity index is 1.77. The number of aryl methyl sites for hydroxylation is 2. The number of halogens is 1. The summed E-state index contributed by atoms with van der Waals surface area (Å²) in [6.45, 7) is 3.74. The summed E-state index contributed by atoms with van der Waals surface area (Å²) >= 11 is 7.41. The van der Waals surface area contributed by atoms with Crippen LogP contribution in [0.2, 0.25) is 5.02 Å². The molecule has 0 radical (unpaired) electrons. The molecule has 1 saturated heterocycles. The second-order valence-electron chi connectivity index (χ2n) is 8.71. The maximum atomic E-state index is 13.5. The molecule has 1 atom stereocenters. The van der Waals surface area contributed by atoms with Crippen molar-refractivity contribution >= 4 is 55.7 Å². The van der Waals surface area contributed by atoms with Gasteiger partial charge in [-0.15, -0.1) is 0 Å². The number of Topliss-reactive ketones (excluding diaryl/α,β-unsaturated/α-hetero) is 1. The lowest BCUT2D eigenvalue weighted by molar-refractivity contribution is -0.132. The molecule has 1 aromatic heterocycles. The molecule has 1 aliphatic rings. The van der Waals surface area contributed by atoms with Gasteiger partial charge in [-0.2, -0.15) is 0 Å². The highest BCUT2D eigenvalue weighted by Crippen LogP contribution is 2.46. The minimum Gasteiger partial charge on any atom is -0.507 e. The Bertz CT molecular complexity index is 1610. The van der Waals surface area contributed by atoms with E-state index in [4.69, 9.17) is 21.1 Å². The predicted molar refractivity (Wildman–Crippen MR) is 145 cm³/mol. The number of ether oxygens (including phenoxy) is 2. The molecule has 1 amide bonds. The summed E-state index contributed by atoms with van der Waals surface area (Å²) in [4.78, 5) is 33.0. The number of anilines is 1. The molecule has 9 heteroatoms. The molecule has 1 unspecified atom stereocenters. The SMILES string of the molecule is COc1ccc(C2/C(=C(\O)c3cc(C)ccc3C)C(=O)C(=O)N2c2nc3ccc(Cl)cc3s2)cc1OC. The summed E-state index contributed by atoms with van der Waals surface area (Å²) in [5.41, 5.74) is 3.35. The van der Waals surface area contributed by atoms with Crippen molar-refractivity contribution in [2.24, 2.45) is 0 Å². The molecule has 188 valence electrons. The zero-order valence-electron chi connectivity index (χ0n) is 20.5. The van der Waals surface area contributed by atoms with Gasteiger partial charge in [-0.25, -0.2) is 4.98 Å². The van der Waals surface area contributed by atoms with Crippen molar-refractivity contribution < 1.29 is 24.2 Å². The number of aromatic nitrogens is 1. The van der Waals surface area contributed by atoms with Crippen molar-refractivity contribution in [2.45, 2.75) is 19.9 Å². The van der Waals surface area contributed by atoms with E-state index >= 15 is 0 Å². The van der Waals surface area contributed by atoms with Gasteiger partial charge in [0.15, 0.2) is 16.6 Å². The molecular formula is C28H23ClN2O5S. The third kappa shape index (κ3) is 4.22. The van der Waals surface area contributed by atoms with E-state index in [0.717, 1.165) is 15.8 Å². The zero-order chi connectivity index (χ0) is 26.4. The number of aliphatic hydroxyl groups excluding tert-OH is 1. The third-order valence-electron chi connectivity index (χ3n) is 6.36. The molecule has 1 aliphatic heterocycles. The van der Waals surface area contributed by atoms with Crippen molar-refractivity contribution in [3.8, 4) is 11.5 Å². The van der Waals surface area contributed by atoms with E-state index in [1.807, 2.05) is 26.0 Å². The lowest BCUT2D eigenvalue weighted by Crippen LogP contribution is -2.29. The van der Waals surface area contributed by atoms with Crippen molar-refractivity contribution in [1.82, 2.24) is 4.98 Å². The lowest BCUT2D eigenvalue weighted by atomic mass is 9.93. The molecule has 1 N–H and O–H groups in total. The van der Waals surface area contributed by atoms with E-state index < -0.39 is 17.7 Å². The quantitative estimate of drug-likeness (QED) is 0.186. The van der Waals surface area contributed by atoms with Gasteiger partial charge in [0.1, 0.15) is 5.76 Å². The van der Waals surface area contributed by atoms with Crippen LogP contribution in [0.5, 0.6) is 11.5 Å². The van der Waals surface area contributed by atoms with E-state index in [9.17, 15) is 14.7 Å². The first-order valence-electron chi connectivity index (χ1n) is 11.4. The van der Waals surface area contributed by atoms with Crippen LogP contribution < -0.4 is 14.4 Å². The Morgan fingerprint density at radius 3 is 2.49 bits per heavy atom. The molecule has 0 saturated carbocycles. The van der Waals surface area contributed by atoms with Gasteiger partial charge in [0.2, 0.25) is 0 Å². The number of carbonyl (C=O) groups is 2. The van der Waals surface area contributed by atoms with Gasteiger partial charge < -0.3 is 14.6 Å². The standard InChI is InChI=1S/C28H23ClN2O5S/c1-14-5-6-15(2)18(11-14)25(32)23-24(16-7-10-20(35-3)21(12-16)36-4)31(27(34)26(23)33)28-30-19-9-8-17(29)13-22(19)37-28/h5-13,24,32H,1-4H3/b25-23+. The summed E-state index contributed by atoms with van der Waals surface area (Å²) in [5, 5.41) is 12.4. The summed E-state index contributed by atoms with van der Waals surface area (Å²) in [7, 11) is 3.03. The Morgan fingerprint density at radius 1 is 1.00 bits per heavy atom. The first-order chi connectivity index (χ1) is 17.7. The van der Waals surface area contributed by atoms with Crippen LogP contribution in [0.4, 0.5) is 5.13 Å². The highest BCUT2D eigenvalue weighted by atomic mass is 35.5. The van der Waals surface area contributed by atoms with Gasteiger partial charge in [0, 0.05) is 10.6 Å². The Morgan fingerprint density at radius 2 is 1.76 bits per heavy atom. The molecule has 2 heterocycles. The lowest BCUT2D eigenvalue weighted by Gasteiger charge is -2.24. The molecule has 7 nitrogen and oxygen atoms in total. The van der Waals surface area contributed by atoms with Crippen LogP contribution >= 0.6 is 22.9 Å². The predicted octanol–water partition coefficient (Wildman–Crippen LogP) is 6.21. The number of methoxy groups -OCH3 is 2. The molecule has 37 heavy (non-hydrogen) atoms. The van der Waals surface area contributed by atoms with Gasteiger partial charge >= 0.3 is 5.91 Å². The molecular weight excluding hydrogens is 512 g/mol. The fraction of sp³-hybridized carbons (Fsp3) is 0.179. The zero-order valence-corrected chi connectivity index (χ0v) is 22.1. The number of fused-ring (bicyclic) bond motifs is 1. The van der Waals surface area contributed by atoms with Crippen LogP contribution in [-0.4, -0.2) is 36.0 Å². The number of carbonyl (C=O) groups excluding carboxylic acids is 2. The number of hydrogen-bond donors (Lipinski definition) is 1. The number of thiazole rings is 1. The van der Waals surface area contributed by atoms with Crippen LogP contribution in [0, 0.1) is 13.8 Å². The van der Waals surface area contributed by atoms with Crippen LogP contribution in [0.1, 0.15) is 28.3 Å². The van der Waals surface area contributed by atoms with Crippen LogP contribution in [0.25, 0.3) is 16.0 Å². The fourth-order valence-electron chi connectivity index (χ4n) is 4.49. The van der Waals surface area contributed by atoms with E-state index in [2.05, 4.69) is 4.98 Å². The number of aliphatic hydroxyl groups is 1. The fourth-order valence-corrected chi connectivity index (χ4v) is 5.76. The second-order valence-corrected chi connectivity index (χ2v) is 10.2. The Hall–Kier alpha value is -3.88. The van der Waals surface area contributed by atoms with Crippen LogP contribution in [0.15, 0.2) is 60.2 Å². The number of rotatable bonds is 5. The van der Waals surface area contributed by atoms with Gasteiger partial charge in [0.05, 0.1) is 36.1 Å². The topological polar surface area (TPSA) is 89.0 Å². The van der Waals surface area contributed by atoms with Crippen molar-refractivity contribution in [2.75, 3.05) is 19.1 Å². The summed E-state index contributed by atoms with van der Waals surface area (Å²) < 4.78 is 11.6. The minimum atomic E-state index is -0.948. The van der Waals surface area contributed by atoms with Gasteiger partial charge in [-0.1, -0.05) is 46.7 Å². The number of benzene rings is 3. The van der Waals surface area contributed by atoms with E-state index in [-0.39, 0.29) is 11.3 Å². The second kappa shape index (κ2) is 9.53. The molecule has 0 spiro atoms. The number of hydrogen-bond acceptors (Lipinski definition) is 7. The van der Waals surface area contributed by atoms with E-state index in [1.54, 1.807) is 42.5 Å². The largest absolute Gasteiger partial charge is 0.507 e. The summed E-state index contributed by atoms with van der Waals surface area (Å²) in [6, 6.07) is 15.0. The Kier molecular flexibility index (Phi) is 6.39. The average molecular weight is 535 g/mol. The van der Waals surface area contributed by atoms with E-state index in [0.29, 0.717) is 38.3 Å². The molecule has 1 fully saturated rings. The molecule has 3 aromatic carbocycles. The van der Waals surface area contributed by atoms with Gasteiger partial charge in [-0.05, 0) is 61.4 Å². The summed E-state index contributed by atoms with van der Waals surface area (Å²) in [5.74, 6) is -0.904. The average Bonchev–Trinajstić information content (AvgIpc) is 3.42. The monoisotopic (exact) mass is 534 g/mol.